The number of hydrogen-bond acceptors (Lipinski definition) is 2. The molecule has 0 spiro atoms. The van der Waals surface area contributed by atoms with Gasteiger partial charge in [-0.25, -0.2) is 4.39 Å². The minimum Gasteiger partial charge on any atom is -0.493 e. The van der Waals surface area contributed by atoms with Crippen LogP contribution in [-0.2, 0) is 11.8 Å². The smallest absolute Gasteiger partial charge is 0.127 e. The third-order valence-corrected chi connectivity index (χ3v) is 3.14. The van der Waals surface area contributed by atoms with Crippen molar-refractivity contribution in [3.05, 3.63) is 59.7 Å². The van der Waals surface area contributed by atoms with Gasteiger partial charge in [0.25, 0.3) is 0 Å². The molecule has 0 saturated heterocycles. The molecule has 1 aromatic heterocycles. The number of nitrogens with zero attached hydrogens (tertiary/aromatic N) is 1. The van der Waals surface area contributed by atoms with E-state index < -0.39 is 0 Å². The predicted octanol–water partition coefficient (Wildman–Crippen LogP) is 3.74. The van der Waals surface area contributed by atoms with E-state index in [9.17, 15) is 4.39 Å². The lowest BCUT2D eigenvalue weighted by Crippen LogP contribution is -2.02. The molecule has 94 valence electrons. The zero-order valence-corrected chi connectivity index (χ0v) is 11.4. The molecule has 2 rings (SSSR count). The zero-order valence-electron chi connectivity index (χ0n) is 9.77. The topological polar surface area (TPSA) is 22.1 Å². The van der Waals surface area contributed by atoms with E-state index in [2.05, 4.69) is 20.9 Å². The number of rotatable bonds is 5. The third-order valence-electron chi connectivity index (χ3n) is 2.49. The van der Waals surface area contributed by atoms with E-state index in [0.717, 1.165) is 17.5 Å². The fraction of sp³-hybridized carbons (Fsp3) is 0.214. The highest BCUT2D eigenvalue weighted by Gasteiger charge is 2.01. The molecule has 2 nitrogen and oxygen atoms in total. The van der Waals surface area contributed by atoms with Crippen LogP contribution in [0.25, 0.3) is 0 Å². The van der Waals surface area contributed by atoms with Gasteiger partial charge in [0.2, 0.25) is 0 Å². The Labute approximate surface area is 114 Å². The minimum absolute atomic E-state index is 0.272. The number of ether oxygens (including phenoxy) is 1. The second-order valence-corrected chi connectivity index (χ2v) is 4.44. The van der Waals surface area contributed by atoms with Gasteiger partial charge in [-0.3, -0.25) is 4.98 Å². The Balaban J connectivity index is 1.92. The van der Waals surface area contributed by atoms with E-state index in [1.807, 2.05) is 18.2 Å². The highest BCUT2D eigenvalue weighted by atomic mass is 79.9. The summed E-state index contributed by atoms with van der Waals surface area (Å²) in [4.78, 5) is 3.95. The second-order valence-electron chi connectivity index (χ2n) is 3.88. The lowest BCUT2D eigenvalue weighted by Gasteiger charge is -2.07. The molecule has 0 aliphatic rings. The van der Waals surface area contributed by atoms with Crippen molar-refractivity contribution in [3.63, 3.8) is 0 Å². The lowest BCUT2D eigenvalue weighted by atomic mass is 10.2. The van der Waals surface area contributed by atoms with E-state index in [1.165, 1.54) is 12.1 Å². The number of alkyl halides is 1. The molecule has 0 aliphatic heterocycles. The van der Waals surface area contributed by atoms with Gasteiger partial charge in [-0.2, -0.15) is 0 Å². The maximum Gasteiger partial charge on any atom is 0.127 e. The number of hydrogen-bond donors (Lipinski definition) is 0. The van der Waals surface area contributed by atoms with Crippen molar-refractivity contribution in [3.8, 4) is 5.75 Å². The van der Waals surface area contributed by atoms with Crippen LogP contribution in [0.3, 0.4) is 0 Å². The zero-order chi connectivity index (χ0) is 12.8. The highest BCUT2D eigenvalue weighted by Crippen LogP contribution is 2.18. The largest absolute Gasteiger partial charge is 0.493 e. The summed E-state index contributed by atoms with van der Waals surface area (Å²) in [5.41, 5.74) is 2.02. The molecule has 0 radical (unpaired) electrons. The number of halogens is 2. The van der Waals surface area contributed by atoms with Gasteiger partial charge in [-0.1, -0.05) is 15.9 Å². The minimum atomic E-state index is -0.272. The first-order valence-corrected chi connectivity index (χ1v) is 6.77. The Hall–Kier alpha value is -1.42. The molecular formula is C14H13BrFNO. The number of pyridine rings is 1. The van der Waals surface area contributed by atoms with Crippen molar-refractivity contribution >= 4 is 15.9 Å². The Morgan fingerprint density at radius 2 is 1.89 bits per heavy atom. The maximum atomic E-state index is 13.3. The molecule has 0 bridgehead atoms. The molecule has 1 aromatic carbocycles. The van der Waals surface area contributed by atoms with Crippen molar-refractivity contribution in [2.45, 2.75) is 11.8 Å². The van der Waals surface area contributed by atoms with Crippen molar-refractivity contribution in [1.29, 1.82) is 0 Å². The van der Waals surface area contributed by atoms with Crippen LogP contribution in [0.4, 0.5) is 4.39 Å². The molecule has 0 N–H and O–H groups in total. The quantitative estimate of drug-likeness (QED) is 0.785. The monoisotopic (exact) mass is 309 g/mol. The van der Waals surface area contributed by atoms with Gasteiger partial charge in [-0.05, 0) is 35.4 Å². The summed E-state index contributed by atoms with van der Waals surface area (Å²) < 4.78 is 18.8. The Bertz CT molecular complexity index is 504. The van der Waals surface area contributed by atoms with Gasteiger partial charge >= 0.3 is 0 Å². The normalized spacial score (nSPS) is 10.3. The van der Waals surface area contributed by atoms with E-state index >= 15 is 0 Å². The molecule has 1 heterocycles. The summed E-state index contributed by atoms with van der Waals surface area (Å²) in [7, 11) is 0. The number of aromatic nitrogens is 1. The predicted molar refractivity (Wildman–Crippen MR) is 72.5 cm³/mol. The third kappa shape index (κ3) is 3.81. The molecule has 0 unspecified atom stereocenters. The summed E-state index contributed by atoms with van der Waals surface area (Å²) >= 11 is 3.30. The van der Waals surface area contributed by atoms with Gasteiger partial charge in [0, 0.05) is 30.2 Å². The lowest BCUT2D eigenvalue weighted by molar-refractivity contribution is 0.320. The van der Waals surface area contributed by atoms with Gasteiger partial charge in [-0.15, -0.1) is 0 Å². The van der Waals surface area contributed by atoms with Crippen molar-refractivity contribution in [2.75, 3.05) is 6.61 Å². The first-order valence-electron chi connectivity index (χ1n) is 5.65. The van der Waals surface area contributed by atoms with Gasteiger partial charge in [0.05, 0.1) is 6.61 Å². The molecule has 18 heavy (non-hydrogen) atoms. The van der Waals surface area contributed by atoms with E-state index in [4.69, 9.17) is 4.74 Å². The Kier molecular flexibility index (Phi) is 4.70. The first-order chi connectivity index (χ1) is 8.78. The van der Waals surface area contributed by atoms with Crippen LogP contribution in [0.2, 0.25) is 0 Å². The van der Waals surface area contributed by atoms with E-state index in [1.54, 1.807) is 12.4 Å². The van der Waals surface area contributed by atoms with Crippen LogP contribution in [-0.4, -0.2) is 11.6 Å². The highest BCUT2D eigenvalue weighted by molar-refractivity contribution is 9.08. The molecule has 2 aromatic rings. The standard InChI is InChI=1S/C14H13BrFNO/c15-10-12-7-13(16)9-14(8-12)18-6-3-11-1-4-17-5-2-11/h1-2,4-5,7-9H,3,6,10H2. The van der Waals surface area contributed by atoms with Gasteiger partial charge in [0.15, 0.2) is 0 Å². The van der Waals surface area contributed by atoms with Crippen LogP contribution < -0.4 is 4.74 Å². The molecule has 0 fully saturated rings. The summed E-state index contributed by atoms with van der Waals surface area (Å²) in [6, 6.07) is 8.62. The molecule has 4 heteroatoms. The average Bonchev–Trinajstić information content (AvgIpc) is 2.39. The molecule has 0 amide bonds. The van der Waals surface area contributed by atoms with Crippen molar-refractivity contribution < 1.29 is 9.13 Å². The van der Waals surface area contributed by atoms with E-state index in [-0.39, 0.29) is 5.82 Å². The van der Waals surface area contributed by atoms with Crippen LogP contribution in [0, 0.1) is 5.82 Å². The van der Waals surface area contributed by atoms with Gasteiger partial charge < -0.3 is 4.74 Å². The van der Waals surface area contributed by atoms with Crippen molar-refractivity contribution in [1.82, 2.24) is 4.98 Å². The SMILES string of the molecule is Fc1cc(CBr)cc(OCCc2ccncc2)c1. The summed E-state index contributed by atoms with van der Waals surface area (Å²) in [5, 5.41) is 0.617. The maximum absolute atomic E-state index is 13.3. The Morgan fingerprint density at radius 3 is 2.61 bits per heavy atom. The Morgan fingerprint density at radius 1 is 1.11 bits per heavy atom. The fourth-order valence-corrected chi connectivity index (χ4v) is 1.94. The van der Waals surface area contributed by atoms with Gasteiger partial charge in [0.1, 0.15) is 11.6 Å². The molecule has 0 saturated carbocycles. The van der Waals surface area contributed by atoms with Crippen LogP contribution in [0.15, 0.2) is 42.7 Å². The van der Waals surface area contributed by atoms with Crippen molar-refractivity contribution in [2.24, 2.45) is 0 Å². The average molecular weight is 310 g/mol. The first kappa shape index (κ1) is 13.0. The molecular weight excluding hydrogens is 297 g/mol. The van der Waals surface area contributed by atoms with E-state index in [0.29, 0.717) is 17.7 Å². The van der Waals surface area contributed by atoms with Crippen LogP contribution in [0.1, 0.15) is 11.1 Å². The fourth-order valence-electron chi connectivity index (χ4n) is 1.62. The summed E-state index contributed by atoms with van der Waals surface area (Å²) in [6.45, 7) is 0.523. The number of benzene rings is 1. The molecule has 0 aliphatic carbocycles. The summed E-state index contributed by atoms with van der Waals surface area (Å²) in [6.07, 6.45) is 4.28. The second kappa shape index (κ2) is 6.50. The van der Waals surface area contributed by atoms with Crippen LogP contribution in [0.5, 0.6) is 5.75 Å². The molecule has 0 atom stereocenters. The summed E-state index contributed by atoms with van der Waals surface area (Å²) in [5.74, 6) is 0.296. The van der Waals surface area contributed by atoms with Crippen LogP contribution >= 0.6 is 15.9 Å².